The molecule has 0 N–H and O–H groups in total. The number of aliphatic imine (C=N–C) groups is 2. The normalized spacial score (nSPS) is 16.7. The molecule has 2 unspecified atom stereocenters. The minimum absolute atomic E-state index is 0.265. The van der Waals surface area contributed by atoms with Gasteiger partial charge in [0, 0.05) is 44.6 Å². The SMILES string of the molecule is COc1ccc(C2CC(c3ccc(CCc4ccc(C5=Nc6ccccc6SC(c6ccc(OC)cc6)C5)cc4)cc3)=Nc3ccccc3S2)cc1. The topological polar surface area (TPSA) is 43.2 Å². The lowest BCUT2D eigenvalue weighted by Gasteiger charge is -2.17. The summed E-state index contributed by atoms with van der Waals surface area (Å²) in [4.78, 5) is 12.8. The Morgan fingerprint density at radius 3 is 1.25 bits per heavy atom. The maximum absolute atomic E-state index is 5.42. The Kier molecular flexibility index (Phi) is 10.3. The van der Waals surface area contributed by atoms with E-state index < -0.39 is 0 Å². The van der Waals surface area contributed by atoms with Crippen molar-refractivity contribution in [2.75, 3.05) is 14.2 Å². The highest BCUT2D eigenvalue weighted by Gasteiger charge is 2.24. The average Bonchev–Trinajstić information content (AvgIpc) is 3.53. The molecule has 6 heteroatoms. The number of hydrogen-bond donors (Lipinski definition) is 0. The molecule has 0 aliphatic carbocycles. The van der Waals surface area contributed by atoms with Crippen LogP contribution in [0.3, 0.4) is 0 Å². The number of methoxy groups -OCH3 is 2. The van der Waals surface area contributed by atoms with Gasteiger partial charge in [-0.15, -0.1) is 23.5 Å². The summed E-state index contributed by atoms with van der Waals surface area (Å²) in [5, 5.41) is 0.531. The van der Waals surface area contributed by atoms with Crippen LogP contribution in [0, 0.1) is 0 Å². The van der Waals surface area contributed by atoms with E-state index >= 15 is 0 Å². The van der Waals surface area contributed by atoms with Gasteiger partial charge in [0.1, 0.15) is 11.5 Å². The van der Waals surface area contributed by atoms with Gasteiger partial charge in [0.25, 0.3) is 0 Å². The smallest absolute Gasteiger partial charge is 0.118 e. The average molecular weight is 717 g/mol. The molecule has 52 heavy (non-hydrogen) atoms. The van der Waals surface area contributed by atoms with Gasteiger partial charge in [0.05, 0.1) is 25.6 Å². The van der Waals surface area contributed by atoms with E-state index in [2.05, 4.69) is 146 Å². The monoisotopic (exact) mass is 716 g/mol. The number of aryl methyl sites for hydroxylation is 2. The molecule has 0 radical (unpaired) electrons. The molecular formula is C46H40N2O2S2. The Bertz CT molecular complexity index is 2050. The highest BCUT2D eigenvalue weighted by molar-refractivity contribution is 8.00. The Hall–Kier alpha value is -5.04. The highest BCUT2D eigenvalue weighted by Crippen LogP contribution is 2.47. The molecule has 0 saturated heterocycles. The molecule has 6 aromatic rings. The summed E-state index contributed by atoms with van der Waals surface area (Å²) in [5.74, 6) is 1.75. The fraction of sp³-hybridized carbons (Fsp3) is 0.174. The molecule has 2 aliphatic rings. The van der Waals surface area contributed by atoms with Crippen LogP contribution in [0.4, 0.5) is 11.4 Å². The largest absolute Gasteiger partial charge is 0.497 e. The summed E-state index contributed by atoms with van der Waals surface area (Å²) in [6.07, 6.45) is 3.66. The van der Waals surface area contributed by atoms with E-state index in [0.717, 1.165) is 60.0 Å². The quantitative estimate of drug-likeness (QED) is 0.149. The first-order valence-electron chi connectivity index (χ1n) is 17.7. The fourth-order valence-corrected chi connectivity index (χ4v) is 9.28. The van der Waals surface area contributed by atoms with Crippen LogP contribution in [0.15, 0.2) is 165 Å². The van der Waals surface area contributed by atoms with Crippen LogP contribution < -0.4 is 9.47 Å². The van der Waals surface area contributed by atoms with Crippen LogP contribution in [-0.4, -0.2) is 25.6 Å². The number of thioether (sulfide) groups is 2. The lowest BCUT2D eigenvalue weighted by Crippen LogP contribution is -2.06. The Labute approximate surface area is 315 Å². The summed E-state index contributed by atoms with van der Waals surface area (Å²) >= 11 is 3.78. The molecule has 0 fully saturated rings. The first-order valence-corrected chi connectivity index (χ1v) is 19.5. The minimum atomic E-state index is 0.265. The number of nitrogens with zero attached hydrogens (tertiary/aromatic N) is 2. The third kappa shape index (κ3) is 7.74. The second-order valence-electron chi connectivity index (χ2n) is 13.1. The van der Waals surface area contributed by atoms with Crippen LogP contribution >= 0.6 is 23.5 Å². The van der Waals surface area contributed by atoms with Gasteiger partial charge >= 0.3 is 0 Å². The molecule has 0 bridgehead atoms. The van der Waals surface area contributed by atoms with Crippen molar-refractivity contribution >= 4 is 46.3 Å². The van der Waals surface area contributed by atoms with E-state index in [1.165, 1.54) is 43.2 Å². The van der Waals surface area contributed by atoms with Crippen molar-refractivity contribution in [3.05, 3.63) is 179 Å². The van der Waals surface area contributed by atoms with Crippen molar-refractivity contribution < 1.29 is 9.47 Å². The van der Waals surface area contributed by atoms with E-state index in [4.69, 9.17) is 19.5 Å². The molecule has 2 heterocycles. The zero-order chi connectivity index (χ0) is 35.3. The first-order chi connectivity index (χ1) is 25.6. The molecular weight excluding hydrogens is 677 g/mol. The molecule has 0 spiro atoms. The van der Waals surface area contributed by atoms with Gasteiger partial charge in [-0.25, -0.2) is 0 Å². The molecule has 258 valence electrons. The zero-order valence-corrected chi connectivity index (χ0v) is 31.0. The Balaban J connectivity index is 0.961. The number of benzene rings is 6. The third-order valence-corrected chi connectivity index (χ3v) is 12.4. The highest BCUT2D eigenvalue weighted by atomic mass is 32.2. The standard InChI is InChI=1S/C46H40N2O2S2/c1-49-37-25-21-35(22-26-37)45-29-41(47-39-7-3-5-9-43(39)51-45)33-17-13-31(14-18-33)11-12-32-15-19-34(20-16-32)42-30-46(36-23-27-38(50-2)28-24-36)52-44-10-6-4-8-40(44)48-42/h3-10,13-28,45-46H,11-12,29-30H2,1-2H3. The number of para-hydroxylation sites is 2. The van der Waals surface area contributed by atoms with Crippen molar-refractivity contribution in [2.45, 2.75) is 46.0 Å². The summed E-state index contributed by atoms with van der Waals surface area (Å²) < 4.78 is 10.8. The lowest BCUT2D eigenvalue weighted by molar-refractivity contribution is 0.414. The van der Waals surface area contributed by atoms with Gasteiger partial charge in [0.15, 0.2) is 0 Å². The number of fused-ring (bicyclic) bond motifs is 2. The van der Waals surface area contributed by atoms with Crippen molar-refractivity contribution in [1.29, 1.82) is 0 Å². The van der Waals surface area contributed by atoms with Gasteiger partial charge in [-0.2, -0.15) is 0 Å². The number of hydrogen-bond acceptors (Lipinski definition) is 6. The summed E-state index contributed by atoms with van der Waals surface area (Å²) in [6, 6.07) is 52.0. The van der Waals surface area contributed by atoms with Crippen LogP contribution in [0.1, 0.15) is 56.7 Å². The van der Waals surface area contributed by atoms with Gasteiger partial charge in [0.2, 0.25) is 0 Å². The van der Waals surface area contributed by atoms with E-state index in [9.17, 15) is 0 Å². The van der Waals surface area contributed by atoms with E-state index in [0.29, 0.717) is 0 Å². The maximum atomic E-state index is 5.42. The number of ether oxygens (including phenoxy) is 2. The van der Waals surface area contributed by atoms with E-state index in [-0.39, 0.29) is 10.5 Å². The number of rotatable bonds is 9. The predicted octanol–water partition coefficient (Wildman–Crippen LogP) is 12.2. The summed E-state index contributed by atoms with van der Waals surface area (Å²) in [7, 11) is 3.42. The lowest BCUT2D eigenvalue weighted by atomic mass is 9.97. The van der Waals surface area contributed by atoms with Crippen molar-refractivity contribution in [1.82, 2.24) is 0 Å². The molecule has 0 saturated carbocycles. The van der Waals surface area contributed by atoms with Crippen LogP contribution in [0.5, 0.6) is 11.5 Å². The molecule has 2 atom stereocenters. The molecule has 0 aromatic heterocycles. The molecule has 6 aromatic carbocycles. The summed E-state index contributed by atoms with van der Waals surface area (Å²) in [6.45, 7) is 0. The van der Waals surface area contributed by atoms with Crippen molar-refractivity contribution in [3.63, 3.8) is 0 Å². The third-order valence-electron chi connectivity index (χ3n) is 9.79. The predicted molar refractivity (Wildman–Crippen MR) is 218 cm³/mol. The van der Waals surface area contributed by atoms with Crippen LogP contribution in [-0.2, 0) is 12.8 Å². The maximum Gasteiger partial charge on any atom is 0.118 e. The van der Waals surface area contributed by atoms with Crippen LogP contribution in [0.25, 0.3) is 0 Å². The van der Waals surface area contributed by atoms with Crippen LogP contribution in [0.2, 0.25) is 0 Å². The Morgan fingerprint density at radius 2 is 0.865 bits per heavy atom. The van der Waals surface area contributed by atoms with Gasteiger partial charge in [-0.3, -0.25) is 9.98 Å². The summed E-state index contributed by atoms with van der Waals surface area (Å²) in [5.41, 5.74) is 11.9. The first kappa shape index (κ1) is 34.1. The molecule has 2 aliphatic heterocycles. The second-order valence-corrected chi connectivity index (χ2v) is 15.6. The fourth-order valence-electron chi connectivity index (χ4n) is 6.81. The van der Waals surface area contributed by atoms with Gasteiger partial charge in [-0.05, 0) is 94.8 Å². The molecule has 8 rings (SSSR count). The minimum Gasteiger partial charge on any atom is -0.497 e. The zero-order valence-electron chi connectivity index (χ0n) is 29.4. The van der Waals surface area contributed by atoms with E-state index in [1.807, 2.05) is 23.5 Å². The van der Waals surface area contributed by atoms with Gasteiger partial charge in [-0.1, -0.05) is 97.1 Å². The second kappa shape index (κ2) is 15.7. The molecule has 0 amide bonds. The van der Waals surface area contributed by atoms with E-state index in [1.54, 1.807) is 14.2 Å². The Morgan fingerprint density at radius 1 is 0.481 bits per heavy atom. The van der Waals surface area contributed by atoms with Crippen molar-refractivity contribution in [2.24, 2.45) is 9.98 Å². The molecule has 4 nitrogen and oxygen atoms in total. The van der Waals surface area contributed by atoms with Crippen molar-refractivity contribution in [3.8, 4) is 11.5 Å². The van der Waals surface area contributed by atoms with Gasteiger partial charge < -0.3 is 9.47 Å².